The lowest BCUT2D eigenvalue weighted by Crippen LogP contribution is -2.25. The predicted molar refractivity (Wildman–Crippen MR) is 108 cm³/mol. The van der Waals surface area contributed by atoms with Crippen LogP contribution in [0.5, 0.6) is 0 Å². The van der Waals surface area contributed by atoms with Crippen molar-refractivity contribution in [3.05, 3.63) is 76.5 Å². The third kappa shape index (κ3) is 4.29. The van der Waals surface area contributed by atoms with E-state index in [0.717, 1.165) is 34.7 Å². The van der Waals surface area contributed by atoms with Crippen molar-refractivity contribution in [1.29, 1.82) is 0 Å². The van der Waals surface area contributed by atoms with Gasteiger partial charge in [-0.05, 0) is 31.0 Å². The first kappa shape index (κ1) is 18.8. The average molecular weight is 396 g/mol. The maximum absolute atomic E-state index is 14.0. The second-order valence-electron chi connectivity index (χ2n) is 6.94. The summed E-state index contributed by atoms with van der Waals surface area (Å²) in [5.74, 6) is -0.502. The number of ether oxygens (including phenoxy) is 1. The molecule has 1 saturated carbocycles. The summed E-state index contributed by atoms with van der Waals surface area (Å²) in [5, 5.41) is 2.97. The van der Waals surface area contributed by atoms with Gasteiger partial charge in [0.1, 0.15) is 10.8 Å². The van der Waals surface area contributed by atoms with Crippen LogP contribution in [0.3, 0.4) is 0 Å². The number of carbonyl (C=O) groups is 1. The fraction of sp³-hybridized carbons (Fsp3) is 0.273. The van der Waals surface area contributed by atoms with Crippen molar-refractivity contribution in [2.24, 2.45) is 0 Å². The normalized spacial score (nSPS) is 13.7. The summed E-state index contributed by atoms with van der Waals surface area (Å²) >= 11 is 1.58. The Bertz CT molecular complexity index is 967. The molecular weight excluding hydrogens is 375 g/mol. The van der Waals surface area contributed by atoms with Crippen LogP contribution >= 0.6 is 11.3 Å². The first-order valence-corrected chi connectivity index (χ1v) is 10.1. The lowest BCUT2D eigenvalue weighted by molar-refractivity contribution is 0.0601. The van der Waals surface area contributed by atoms with E-state index in [-0.39, 0.29) is 11.8 Å². The van der Waals surface area contributed by atoms with Crippen molar-refractivity contribution in [2.75, 3.05) is 7.11 Å². The fourth-order valence-electron chi connectivity index (χ4n) is 3.19. The number of methoxy groups -OCH3 is 1. The molecule has 1 aliphatic rings. The fourth-order valence-corrected chi connectivity index (χ4v) is 4.00. The highest BCUT2D eigenvalue weighted by atomic mass is 32.1. The van der Waals surface area contributed by atoms with Gasteiger partial charge in [-0.3, -0.25) is 4.90 Å². The van der Waals surface area contributed by atoms with Crippen LogP contribution in [0.2, 0.25) is 0 Å². The molecule has 0 aliphatic heterocycles. The molecule has 6 heteroatoms. The molecule has 1 aliphatic carbocycles. The van der Waals surface area contributed by atoms with Crippen molar-refractivity contribution >= 4 is 17.3 Å². The van der Waals surface area contributed by atoms with Crippen LogP contribution in [0.15, 0.2) is 53.9 Å². The second kappa shape index (κ2) is 8.20. The molecule has 0 N–H and O–H groups in total. The van der Waals surface area contributed by atoms with E-state index < -0.39 is 0 Å². The molecule has 0 bridgehead atoms. The standard InChI is InChI=1S/C22H21FN2O2S/c1-27-22(26)16-8-6-15(7-9-16)21-24-18(14-28-21)13-25(19-10-11-19)12-17-4-2-3-5-20(17)23/h2-9,14,19H,10-13H2,1H3. The summed E-state index contributed by atoms with van der Waals surface area (Å²) in [4.78, 5) is 18.6. The van der Waals surface area contributed by atoms with Gasteiger partial charge in [0.15, 0.2) is 0 Å². The molecule has 0 atom stereocenters. The Morgan fingerprint density at radius 2 is 1.93 bits per heavy atom. The molecule has 0 amide bonds. The number of halogens is 1. The lowest BCUT2D eigenvalue weighted by atomic mass is 10.1. The summed E-state index contributed by atoms with van der Waals surface area (Å²) in [6.07, 6.45) is 2.31. The molecule has 1 heterocycles. The third-order valence-electron chi connectivity index (χ3n) is 4.86. The van der Waals surface area contributed by atoms with E-state index in [1.807, 2.05) is 24.3 Å². The predicted octanol–water partition coefficient (Wildman–Crippen LogP) is 4.90. The SMILES string of the molecule is COC(=O)c1ccc(-c2nc(CN(Cc3ccccc3F)C3CC3)cs2)cc1. The number of rotatable bonds is 7. The van der Waals surface area contributed by atoms with Crippen LogP contribution in [0.25, 0.3) is 10.6 Å². The molecule has 28 heavy (non-hydrogen) atoms. The highest BCUT2D eigenvalue weighted by Gasteiger charge is 2.30. The van der Waals surface area contributed by atoms with Gasteiger partial charge in [0, 0.05) is 35.6 Å². The molecule has 0 spiro atoms. The third-order valence-corrected chi connectivity index (χ3v) is 5.80. The zero-order valence-electron chi connectivity index (χ0n) is 15.6. The quantitative estimate of drug-likeness (QED) is 0.533. The number of thiazole rings is 1. The Hall–Kier alpha value is -2.57. The first-order chi connectivity index (χ1) is 13.6. The number of hydrogen-bond donors (Lipinski definition) is 0. The van der Waals surface area contributed by atoms with Gasteiger partial charge in [-0.2, -0.15) is 0 Å². The molecule has 4 rings (SSSR count). The monoisotopic (exact) mass is 396 g/mol. The molecule has 144 valence electrons. The summed E-state index contributed by atoms with van der Waals surface area (Å²) < 4.78 is 18.8. The minimum Gasteiger partial charge on any atom is -0.465 e. The molecular formula is C22H21FN2O2S. The maximum Gasteiger partial charge on any atom is 0.337 e. The van der Waals surface area contributed by atoms with Crippen molar-refractivity contribution in [2.45, 2.75) is 32.0 Å². The summed E-state index contributed by atoms with van der Waals surface area (Å²) in [5.41, 5.74) is 3.20. The van der Waals surface area contributed by atoms with Gasteiger partial charge in [-0.1, -0.05) is 30.3 Å². The van der Waals surface area contributed by atoms with Gasteiger partial charge >= 0.3 is 5.97 Å². The largest absolute Gasteiger partial charge is 0.465 e. The number of benzene rings is 2. The van der Waals surface area contributed by atoms with Crippen LogP contribution in [-0.2, 0) is 17.8 Å². The van der Waals surface area contributed by atoms with E-state index in [1.165, 1.54) is 13.2 Å². The van der Waals surface area contributed by atoms with Gasteiger partial charge in [-0.25, -0.2) is 14.2 Å². The molecule has 0 radical (unpaired) electrons. The summed E-state index contributed by atoms with van der Waals surface area (Å²) in [6, 6.07) is 14.7. The van der Waals surface area contributed by atoms with Crippen LogP contribution in [0.4, 0.5) is 4.39 Å². The molecule has 2 aromatic carbocycles. The van der Waals surface area contributed by atoms with Crippen molar-refractivity contribution in [3.63, 3.8) is 0 Å². The van der Waals surface area contributed by atoms with E-state index in [1.54, 1.807) is 29.5 Å². The smallest absolute Gasteiger partial charge is 0.337 e. The topological polar surface area (TPSA) is 42.4 Å². The molecule has 0 unspecified atom stereocenters. The van der Waals surface area contributed by atoms with E-state index in [2.05, 4.69) is 10.3 Å². The van der Waals surface area contributed by atoms with E-state index >= 15 is 0 Å². The zero-order valence-corrected chi connectivity index (χ0v) is 16.4. The molecule has 1 aromatic heterocycles. The minimum atomic E-state index is -0.348. The number of esters is 1. The first-order valence-electron chi connectivity index (χ1n) is 9.24. The van der Waals surface area contributed by atoms with Crippen molar-refractivity contribution in [3.8, 4) is 10.6 Å². The van der Waals surface area contributed by atoms with E-state index in [0.29, 0.717) is 24.7 Å². The number of aromatic nitrogens is 1. The highest BCUT2D eigenvalue weighted by Crippen LogP contribution is 2.31. The molecule has 3 aromatic rings. The van der Waals surface area contributed by atoms with Gasteiger partial charge in [0.05, 0.1) is 18.4 Å². The van der Waals surface area contributed by atoms with Crippen LogP contribution < -0.4 is 0 Å². The number of nitrogens with zero attached hydrogens (tertiary/aromatic N) is 2. The molecule has 0 saturated heterocycles. The number of carbonyl (C=O) groups excluding carboxylic acids is 1. The summed E-state index contributed by atoms with van der Waals surface area (Å²) in [7, 11) is 1.37. The second-order valence-corrected chi connectivity index (χ2v) is 7.80. The van der Waals surface area contributed by atoms with Gasteiger partial charge in [0.2, 0.25) is 0 Å². The van der Waals surface area contributed by atoms with Gasteiger partial charge in [0.25, 0.3) is 0 Å². The summed E-state index contributed by atoms with van der Waals surface area (Å²) in [6.45, 7) is 1.30. The Morgan fingerprint density at radius 1 is 1.18 bits per heavy atom. The average Bonchev–Trinajstić information content (AvgIpc) is 3.47. The van der Waals surface area contributed by atoms with Gasteiger partial charge in [-0.15, -0.1) is 11.3 Å². The van der Waals surface area contributed by atoms with Crippen LogP contribution in [0, 0.1) is 5.82 Å². The van der Waals surface area contributed by atoms with E-state index in [4.69, 9.17) is 9.72 Å². The zero-order chi connectivity index (χ0) is 19.5. The van der Waals surface area contributed by atoms with Crippen molar-refractivity contribution in [1.82, 2.24) is 9.88 Å². The van der Waals surface area contributed by atoms with Crippen LogP contribution in [-0.4, -0.2) is 29.0 Å². The number of hydrogen-bond acceptors (Lipinski definition) is 5. The Balaban J connectivity index is 1.47. The van der Waals surface area contributed by atoms with Gasteiger partial charge < -0.3 is 4.74 Å². The Morgan fingerprint density at radius 3 is 2.61 bits per heavy atom. The molecule has 1 fully saturated rings. The molecule has 4 nitrogen and oxygen atoms in total. The van der Waals surface area contributed by atoms with Crippen molar-refractivity contribution < 1.29 is 13.9 Å². The van der Waals surface area contributed by atoms with E-state index in [9.17, 15) is 9.18 Å². The van der Waals surface area contributed by atoms with Crippen LogP contribution in [0.1, 0.15) is 34.5 Å². The minimum absolute atomic E-state index is 0.155. The Labute approximate surface area is 167 Å². The Kier molecular flexibility index (Phi) is 5.50. The maximum atomic E-state index is 14.0. The highest BCUT2D eigenvalue weighted by molar-refractivity contribution is 7.13. The lowest BCUT2D eigenvalue weighted by Gasteiger charge is -2.21.